The van der Waals surface area contributed by atoms with Crippen LogP contribution in [0.2, 0.25) is 0 Å². The Kier molecular flexibility index (Phi) is 6.63. The Hall–Kier alpha value is -3.09. The molecule has 1 aliphatic heterocycles. The van der Waals surface area contributed by atoms with Crippen LogP contribution in [0.5, 0.6) is 5.75 Å². The van der Waals surface area contributed by atoms with Crippen LogP contribution in [-0.2, 0) is 9.47 Å². The molecule has 3 aromatic carbocycles. The quantitative estimate of drug-likeness (QED) is 0.407. The summed E-state index contributed by atoms with van der Waals surface area (Å²) in [4.78, 5) is 0. The van der Waals surface area contributed by atoms with Crippen LogP contribution in [0, 0.1) is 17.5 Å². The van der Waals surface area contributed by atoms with Gasteiger partial charge < -0.3 is 14.2 Å². The number of allylic oxidation sites excluding steroid dienone is 1. The topological polar surface area (TPSA) is 27.7 Å². The second kappa shape index (κ2) is 9.59. The van der Waals surface area contributed by atoms with E-state index in [-0.39, 0.29) is 29.3 Å². The van der Waals surface area contributed by atoms with Gasteiger partial charge in [-0.3, -0.25) is 0 Å². The molecule has 1 saturated heterocycles. The van der Waals surface area contributed by atoms with Gasteiger partial charge >= 0.3 is 0 Å². The van der Waals surface area contributed by atoms with Gasteiger partial charge in [0.15, 0.2) is 17.9 Å². The van der Waals surface area contributed by atoms with Crippen LogP contribution in [0.4, 0.5) is 13.2 Å². The second-order valence-corrected chi connectivity index (χ2v) is 7.57. The van der Waals surface area contributed by atoms with E-state index in [1.54, 1.807) is 43.3 Å². The third kappa shape index (κ3) is 4.56. The highest BCUT2D eigenvalue weighted by atomic mass is 19.2. The van der Waals surface area contributed by atoms with Gasteiger partial charge in [0.1, 0.15) is 5.82 Å². The van der Waals surface area contributed by atoms with Crippen LogP contribution in [0.15, 0.2) is 66.9 Å². The van der Waals surface area contributed by atoms with E-state index in [0.29, 0.717) is 29.9 Å². The lowest BCUT2D eigenvalue weighted by molar-refractivity contribution is -0.176. The standard InChI is InChI=1S/C26H23F3O3/c1-3-12-30-24-11-10-22(25(28)26(24)29)18-6-4-17(5-7-18)19-8-9-21(23(27)13-19)20-14-31-16(2)32-15-20/h3-13,16,20H,14-15H2,1-2H3/b12-3-. The van der Waals surface area contributed by atoms with Crippen molar-refractivity contribution < 1.29 is 27.4 Å². The van der Waals surface area contributed by atoms with Gasteiger partial charge in [0.25, 0.3) is 0 Å². The van der Waals surface area contributed by atoms with Crippen molar-refractivity contribution in [3.05, 3.63) is 90.0 Å². The van der Waals surface area contributed by atoms with Crippen LogP contribution in [0.1, 0.15) is 25.3 Å². The zero-order valence-corrected chi connectivity index (χ0v) is 17.8. The highest BCUT2D eigenvalue weighted by molar-refractivity contribution is 5.71. The third-order valence-electron chi connectivity index (χ3n) is 5.41. The first-order chi connectivity index (χ1) is 15.5. The highest BCUT2D eigenvalue weighted by Gasteiger charge is 2.23. The zero-order chi connectivity index (χ0) is 22.7. The van der Waals surface area contributed by atoms with Crippen LogP contribution >= 0.6 is 0 Å². The average Bonchev–Trinajstić information content (AvgIpc) is 2.81. The van der Waals surface area contributed by atoms with E-state index >= 15 is 0 Å². The lowest BCUT2D eigenvalue weighted by Gasteiger charge is -2.27. The Morgan fingerprint density at radius 3 is 2.16 bits per heavy atom. The molecule has 0 spiro atoms. The molecule has 0 unspecified atom stereocenters. The molecule has 3 aromatic rings. The molecule has 0 aromatic heterocycles. The Labute approximate surface area is 185 Å². The SMILES string of the molecule is C/C=C\Oc1ccc(-c2ccc(-c3ccc(C4COC(C)OC4)c(F)c3)cc2)c(F)c1F. The first-order valence-electron chi connectivity index (χ1n) is 10.4. The zero-order valence-electron chi connectivity index (χ0n) is 17.8. The second-order valence-electron chi connectivity index (χ2n) is 7.57. The van der Waals surface area contributed by atoms with Gasteiger partial charge in [0.2, 0.25) is 5.82 Å². The van der Waals surface area contributed by atoms with E-state index in [4.69, 9.17) is 14.2 Å². The van der Waals surface area contributed by atoms with Crippen molar-refractivity contribution in [3.63, 3.8) is 0 Å². The molecule has 6 heteroatoms. The van der Waals surface area contributed by atoms with E-state index in [9.17, 15) is 13.2 Å². The van der Waals surface area contributed by atoms with Crippen molar-refractivity contribution in [1.29, 1.82) is 0 Å². The van der Waals surface area contributed by atoms with Gasteiger partial charge in [-0.15, -0.1) is 0 Å². The third-order valence-corrected chi connectivity index (χ3v) is 5.41. The molecular formula is C26H23F3O3. The molecule has 32 heavy (non-hydrogen) atoms. The van der Waals surface area contributed by atoms with Crippen LogP contribution in [-0.4, -0.2) is 19.5 Å². The summed E-state index contributed by atoms with van der Waals surface area (Å²) < 4.78 is 59.6. The van der Waals surface area contributed by atoms with Gasteiger partial charge in [0, 0.05) is 11.5 Å². The average molecular weight is 440 g/mol. The summed E-state index contributed by atoms with van der Waals surface area (Å²) >= 11 is 0. The molecule has 4 rings (SSSR count). The maximum Gasteiger partial charge on any atom is 0.201 e. The minimum atomic E-state index is -1.05. The molecule has 1 aliphatic rings. The summed E-state index contributed by atoms with van der Waals surface area (Å²) in [5.74, 6) is -2.70. The van der Waals surface area contributed by atoms with Gasteiger partial charge in [-0.1, -0.05) is 42.5 Å². The minimum absolute atomic E-state index is 0.120. The lowest BCUT2D eigenvalue weighted by atomic mass is 9.95. The van der Waals surface area contributed by atoms with Gasteiger partial charge in [-0.25, -0.2) is 8.78 Å². The maximum absolute atomic E-state index is 14.8. The number of benzene rings is 3. The molecule has 1 heterocycles. The Bertz CT molecular complexity index is 1120. The molecule has 0 radical (unpaired) electrons. The Morgan fingerprint density at radius 1 is 0.844 bits per heavy atom. The number of hydrogen-bond acceptors (Lipinski definition) is 3. The summed E-state index contributed by atoms with van der Waals surface area (Å²) in [6, 6.07) is 14.7. The smallest absolute Gasteiger partial charge is 0.201 e. The summed E-state index contributed by atoms with van der Waals surface area (Å²) in [7, 11) is 0. The molecule has 1 fully saturated rings. The van der Waals surface area contributed by atoms with Crippen molar-refractivity contribution >= 4 is 0 Å². The minimum Gasteiger partial charge on any atom is -0.462 e. The maximum atomic E-state index is 14.8. The Balaban J connectivity index is 1.55. The molecular weight excluding hydrogens is 417 g/mol. The molecule has 0 amide bonds. The summed E-state index contributed by atoms with van der Waals surface area (Å²) in [5.41, 5.74) is 2.62. The van der Waals surface area contributed by atoms with Gasteiger partial charge in [0.05, 0.1) is 19.5 Å². The van der Waals surface area contributed by atoms with E-state index < -0.39 is 11.6 Å². The first kappa shape index (κ1) is 22.1. The normalized spacial score (nSPS) is 18.8. The number of ether oxygens (including phenoxy) is 3. The fraction of sp³-hybridized carbons (Fsp3) is 0.231. The molecule has 0 aliphatic carbocycles. The largest absolute Gasteiger partial charge is 0.462 e. The molecule has 0 saturated carbocycles. The fourth-order valence-corrected chi connectivity index (χ4v) is 3.65. The molecule has 0 N–H and O–H groups in total. The van der Waals surface area contributed by atoms with Crippen molar-refractivity contribution in [2.45, 2.75) is 26.1 Å². The van der Waals surface area contributed by atoms with E-state index in [2.05, 4.69) is 0 Å². The van der Waals surface area contributed by atoms with Crippen molar-refractivity contribution in [2.24, 2.45) is 0 Å². The van der Waals surface area contributed by atoms with Crippen LogP contribution < -0.4 is 4.74 Å². The molecule has 3 nitrogen and oxygen atoms in total. The highest BCUT2D eigenvalue weighted by Crippen LogP contribution is 2.33. The van der Waals surface area contributed by atoms with Crippen LogP contribution in [0.25, 0.3) is 22.3 Å². The summed E-state index contributed by atoms with van der Waals surface area (Å²) in [6.45, 7) is 4.34. The lowest BCUT2D eigenvalue weighted by Crippen LogP contribution is -2.29. The summed E-state index contributed by atoms with van der Waals surface area (Å²) in [6.07, 6.45) is 2.59. The first-order valence-corrected chi connectivity index (χ1v) is 10.4. The molecule has 0 atom stereocenters. The van der Waals surface area contributed by atoms with Crippen LogP contribution in [0.3, 0.4) is 0 Å². The predicted octanol–water partition coefficient (Wildman–Crippen LogP) is 6.83. The van der Waals surface area contributed by atoms with Crippen molar-refractivity contribution in [1.82, 2.24) is 0 Å². The number of rotatable bonds is 5. The Morgan fingerprint density at radius 2 is 1.50 bits per heavy atom. The van der Waals surface area contributed by atoms with Crippen molar-refractivity contribution in [2.75, 3.05) is 13.2 Å². The number of hydrogen-bond donors (Lipinski definition) is 0. The molecule has 0 bridgehead atoms. The monoisotopic (exact) mass is 440 g/mol. The number of halogens is 3. The van der Waals surface area contributed by atoms with E-state index in [1.807, 2.05) is 13.0 Å². The van der Waals surface area contributed by atoms with Crippen molar-refractivity contribution in [3.8, 4) is 28.0 Å². The van der Waals surface area contributed by atoms with E-state index in [0.717, 1.165) is 5.56 Å². The van der Waals surface area contributed by atoms with E-state index in [1.165, 1.54) is 24.5 Å². The molecule has 166 valence electrons. The predicted molar refractivity (Wildman–Crippen MR) is 117 cm³/mol. The van der Waals surface area contributed by atoms with Gasteiger partial charge in [-0.2, -0.15) is 4.39 Å². The summed E-state index contributed by atoms with van der Waals surface area (Å²) in [5, 5.41) is 0. The fourth-order valence-electron chi connectivity index (χ4n) is 3.65. The van der Waals surface area contributed by atoms with Gasteiger partial charge in [-0.05, 0) is 54.3 Å².